The molecule has 1 N–H and O–H groups in total. The predicted molar refractivity (Wildman–Crippen MR) is 83.0 cm³/mol. The molecule has 2 aliphatic heterocycles. The maximum Gasteiger partial charge on any atom is 0.240 e. The zero-order valence-electron chi connectivity index (χ0n) is 12.6. The highest BCUT2D eigenvalue weighted by molar-refractivity contribution is 7.10. The van der Waals surface area contributed by atoms with Crippen LogP contribution in [0.2, 0.25) is 0 Å². The van der Waals surface area contributed by atoms with Crippen LogP contribution in [0.15, 0.2) is 11.4 Å². The molecule has 2 aliphatic rings. The van der Waals surface area contributed by atoms with Gasteiger partial charge < -0.3 is 10.2 Å². The van der Waals surface area contributed by atoms with Gasteiger partial charge in [0.25, 0.3) is 0 Å². The smallest absolute Gasteiger partial charge is 0.240 e. The van der Waals surface area contributed by atoms with Crippen LogP contribution in [0.3, 0.4) is 0 Å². The summed E-state index contributed by atoms with van der Waals surface area (Å²) in [4.78, 5) is 16.5. The maximum absolute atomic E-state index is 13.0. The molecule has 0 aliphatic carbocycles. The van der Waals surface area contributed by atoms with E-state index in [-0.39, 0.29) is 17.5 Å². The quantitative estimate of drug-likeness (QED) is 0.863. The van der Waals surface area contributed by atoms with Crippen molar-refractivity contribution in [2.45, 2.75) is 52.1 Å². The van der Waals surface area contributed by atoms with Crippen molar-refractivity contribution in [2.24, 2.45) is 5.41 Å². The molecule has 3 nitrogen and oxygen atoms in total. The molecule has 3 rings (SSSR count). The van der Waals surface area contributed by atoms with Gasteiger partial charge in [0, 0.05) is 11.4 Å². The van der Waals surface area contributed by atoms with Crippen LogP contribution < -0.4 is 5.32 Å². The molecule has 1 amide bonds. The van der Waals surface area contributed by atoms with E-state index in [0.29, 0.717) is 5.91 Å². The first-order chi connectivity index (χ1) is 9.50. The number of fused-ring (bicyclic) bond motifs is 1. The van der Waals surface area contributed by atoms with Gasteiger partial charge in [-0.2, -0.15) is 0 Å². The van der Waals surface area contributed by atoms with Crippen molar-refractivity contribution in [2.75, 3.05) is 13.1 Å². The van der Waals surface area contributed by atoms with Crippen molar-refractivity contribution >= 4 is 17.2 Å². The second kappa shape index (κ2) is 5.15. The summed E-state index contributed by atoms with van der Waals surface area (Å²) >= 11 is 1.82. The first-order valence-electron chi connectivity index (χ1n) is 7.61. The molecule has 1 fully saturated rings. The average Bonchev–Trinajstić information content (AvgIpc) is 2.87. The number of hydrogen-bond acceptors (Lipinski definition) is 3. The van der Waals surface area contributed by atoms with Crippen molar-refractivity contribution in [3.63, 3.8) is 0 Å². The summed E-state index contributed by atoms with van der Waals surface area (Å²) in [5, 5.41) is 5.61. The Labute approximate surface area is 125 Å². The lowest BCUT2D eigenvalue weighted by Gasteiger charge is -2.43. The Morgan fingerprint density at radius 3 is 3.05 bits per heavy atom. The molecule has 4 heteroatoms. The van der Waals surface area contributed by atoms with Crippen molar-refractivity contribution in [1.29, 1.82) is 0 Å². The van der Waals surface area contributed by atoms with E-state index in [1.807, 2.05) is 11.3 Å². The van der Waals surface area contributed by atoms with Crippen LogP contribution in [-0.2, 0) is 11.2 Å². The molecule has 0 saturated carbocycles. The average molecular weight is 292 g/mol. The second-order valence-corrected chi connectivity index (χ2v) is 7.74. The van der Waals surface area contributed by atoms with E-state index >= 15 is 0 Å². The van der Waals surface area contributed by atoms with Gasteiger partial charge in [-0.05, 0) is 55.2 Å². The van der Waals surface area contributed by atoms with Gasteiger partial charge in [0.1, 0.15) is 0 Å². The predicted octanol–water partition coefficient (Wildman–Crippen LogP) is 2.97. The summed E-state index contributed by atoms with van der Waals surface area (Å²) in [6.07, 6.45) is 3.31. The first kappa shape index (κ1) is 14.1. The number of rotatable bonds is 1. The highest BCUT2D eigenvalue weighted by Crippen LogP contribution is 2.36. The number of hydrogen-bond donors (Lipinski definition) is 1. The van der Waals surface area contributed by atoms with Crippen LogP contribution in [0.25, 0.3) is 0 Å². The largest absolute Gasteiger partial charge is 0.334 e. The van der Waals surface area contributed by atoms with Crippen LogP contribution in [0.5, 0.6) is 0 Å². The monoisotopic (exact) mass is 292 g/mol. The van der Waals surface area contributed by atoms with Gasteiger partial charge in [-0.1, -0.05) is 13.8 Å². The van der Waals surface area contributed by atoms with Crippen LogP contribution in [0.4, 0.5) is 0 Å². The lowest BCUT2D eigenvalue weighted by atomic mass is 9.76. The molecule has 2 atom stereocenters. The van der Waals surface area contributed by atoms with Crippen molar-refractivity contribution in [1.82, 2.24) is 10.2 Å². The fraction of sp³-hybridized carbons (Fsp3) is 0.688. The Kier molecular flexibility index (Phi) is 3.63. The molecule has 3 heterocycles. The van der Waals surface area contributed by atoms with Gasteiger partial charge in [-0.25, -0.2) is 0 Å². The van der Waals surface area contributed by atoms with Crippen LogP contribution in [-0.4, -0.2) is 29.9 Å². The third-order valence-electron chi connectivity index (χ3n) is 4.94. The van der Waals surface area contributed by atoms with Gasteiger partial charge in [0.2, 0.25) is 5.91 Å². The van der Waals surface area contributed by atoms with E-state index in [4.69, 9.17) is 0 Å². The molecule has 0 aromatic carbocycles. The van der Waals surface area contributed by atoms with E-state index < -0.39 is 0 Å². The van der Waals surface area contributed by atoms with Gasteiger partial charge in [0.05, 0.1) is 12.1 Å². The number of amides is 1. The molecule has 110 valence electrons. The number of nitrogens with zero attached hydrogens (tertiary/aromatic N) is 1. The molecular weight excluding hydrogens is 268 g/mol. The zero-order valence-corrected chi connectivity index (χ0v) is 13.4. The van der Waals surface area contributed by atoms with Crippen molar-refractivity contribution in [3.8, 4) is 0 Å². The standard InChI is InChI=1S/C16H24N2OS/c1-11-12-6-10-20-13(12)5-9-18(11)15(19)14-16(2,3)7-4-8-17-14/h6,10-11,14,17H,4-5,7-9H2,1-3H3. The zero-order chi connectivity index (χ0) is 14.3. The van der Waals surface area contributed by atoms with Gasteiger partial charge in [-0.3, -0.25) is 4.79 Å². The van der Waals surface area contributed by atoms with Gasteiger partial charge in [-0.15, -0.1) is 11.3 Å². The summed E-state index contributed by atoms with van der Waals surface area (Å²) in [6.45, 7) is 8.42. The number of carbonyl (C=O) groups is 1. The number of carbonyl (C=O) groups excluding carboxylic acids is 1. The molecule has 20 heavy (non-hydrogen) atoms. The Hall–Kier alpha value is -0.870. The Morgan fingerprint density at radius 1 is 1.50 bits per heavy atom. The number of piperidine rings is 1. The Balaban J connectivity index is 1.81. The molecule has 2 unspecified atom stereocenters. The van der Waals surface area contributed by atoms with Crippen LogP contribution in [0.1, 0.15) is 50.1 Å². The molecule has 0 bridgehead atoms. The summed E-state index contributed by atoms with van der Waals surface area (Å²) in [5.41, 5.74) is 1.41. The lowest BCUT2D eigenvalue weighted by Crippen LogP contribution is -2.57. The van der Waals surface area contributed by atoms with E-state index in [1.165, 1.54) is 16.9 Å². The fourth-order valence-electron chi connectivity index (χ4n) is 3.61. The third kappa shape index (κ3) is 2.29. The normalized spacial score (nSPS) is 29.1. The minimum atomic E-state index is -0.0288. The van der Waals surface area contributed by atoms with Crippen LogP contribution >= 0.6 is 11.3 Å². The lowest BCUT2D eigenvalue weighted by molar-refractivity contribution is -0.140. The van der Waals surface area contributed by atoms with Crippen molar-refractivity contribution < 1.29 is 4.79 Å². The third-order valence-corrected chi connectivity index (χ3v) is 5.93. The SMILES string of the molecule is CC1c2ccsc2CCN1C(=O)C1NCCCC1(C)C. The maximum atomic E-state index is 13.0. The minimum Gasteiger partial charge on any atom is -0.334 e. The topological polar surface area (TPSA) is 32.3 Å². The summed E-state index contributed by atoms with van der Waals surface area (Å²) < 4.78 is 0. The summed E-state index contributed by atoms with van der Waals surface area (Å²) in [7, 11) is 0. The molecule has 1 saturated heterocycles. The Bertz CT molecular complexity index is 508. The summed E-state index contributed by atoms with van der Waals surface area (Å²) in [5.74, 6) is 0.291. The highest BCUT2D eigenvalue weighted by Gasteiger charge is 2.41. The van der Waals surface area contributed by atoms with Gasteiger partial charge in [0.15, 0.2) is 0 Å². The van der Waals surface area contributed by atoms with E-state index in [9.17, 15) is 4.79 Å². The molecular formula is C16H24N2OS. The van der Waals surface area contributed by atoms with Gasteiger partial charge >= 0.3 is 0 Å². The van der Waals surface area contributed by atoms with Crippen molar-refractivity contribution in [3.05, 3.63) is 21.9 Å². The van der Waals surface area contributed by atoms with E-state index in [2.05, 4.69) is 42.4 Å². The number of nitrogens with one attached hydrogen (secondary N) is 1. The minimum absolute atomic E-state index is 0.0288. The first-order valence-corrected chi connectivity index (χ1v) is 8.49. The second-order valence-electron chi connectivity index (χ2n) is 6.74. The molecule has 0 spiro atoms. The van der Waals surface area contributed by atoms with E-state index in [1.54, 1.807) is 0 Å². The number of thiophene rings is 1. The molecule has 0 radical (unpaired) electrons. The fourth-order valence-corrected chi connectivity index (χ4v) is 4.57. The highest BCUT2D eigenvalue weighted by atomic mass is 32.1. The molecule has 1 aromatic rings. The summed E-state index contributed by atoms with van der Waals surface area (Å²) in [6, 6.07) is 2.37. The van der Waals surface area contributed by atoms with E-state index in [0.717, 1.165) is 25.9 Å². The molecule has 1 aromatic heterocycles. The Morgan fingerprint density at radius 2 is 2.30 bits per heavy atom. The van der Waals surface area contributed by atoms with Crippen LogP contribution in [0, 0.1) is 5.41 Å².